The Morgan fingerprint density at radius 3 is 2.10 bits per heavy atom. The molecular weight excluding hydrogens is 615 g/mol. The smallest absolute Gasteiger partial charge is 0.178 e. The molecule has 2 aliphatic heterocycles. The van der Waals surface area contributed by atoms with Gasteiger partial charge in [0.05, 0.1) is 20.3 Å². The standard InChI is InChI=1S/C46H47NO3/c1-43(2)28-44(3,4)30-45(29-43)39-14-10-9-13-36(39)40-35-20-19-34(48-5)27-38(35)42-37(41(40)45)21-22-46(50-42,31-11-7-6-8-12-31)32-15-17-33(18-16-32)47-23-25-49-26-24-47/h6-22,27H,23-26,28-30H2,1-5H3. The molecule has 2 heterocycles. The number of morpholine rings is 1. The fourth-order valence-electron chi connectivity index (χ4n) is 10.7. The minimum atomic E-state index is -0.814. The van der Waals surface area contributed by atoms with Crippen LogP contribution < -0.4 is 14.4 Å². The summed E-state index contributed by atoms with van der Waals surface area (Å²) in [6.07, 6.45) is 8.14. The summed E-state index contributed by atoms with van der Waals surface area (Å²) in [6, 6.07) is 35.5. The lowest BCUT2D eigenvalue weighted by Gasteiger charge is -2.52. The number of ether oxygens (including phenoxy) is 3. The van der Waals surface area contributed by atoms with Crippen LogP contribution in [0.5, 0.6) is 11.5 Å². The van der Waals surface area contributed by atoms with Gasteiger partial charge in [0.2, 0.25) is 0 Å². The first-order chi connectivity index (χ1) is 24.1. The molecule has 2 fully saturated rings. The lowest BCUT2D eigenvalue weighted by atomic mass is 9.52. The maximum atomic E-state index is 7.68. The summed E-state index contributed by atoms with van der Waals surface area (Å²) in [4.78, 5) is 2.41. The normalized spacial score (nSPS) is 22.5. The molecule has 254 valence electrons. The van der Waals surface area contributed by atoms with Gasteiger partial charge in [-0.15, -0.1) is 0 Å². The van der Waals surface area contributed by atoms with Gasteiger partial charge in [0.1, 0.15) is 11.5 Å². The second-order valence-electron chi connectivity index (χ2n) is 16.6. The summed E-state index contributed by atoms with van der Waals surface area (Å²) in [6.45, 7) is 13.2. The average Bonchev–Trinajstić information content (AvgIpc) is 3.39. The first kappa shape index (κ1) is 31.4. The van der Waals surface area contributed by atoms with E-state index in [2.05, 4.69) is 142 Å². The van der Waals surface area contributed by atoms with Crippen molar-refractivity contribution in [2.45, 2.75) is 58.0 Å². The third-order valence-electron chi connectivity index (χ3n) is 11.8. The van der Waals surface area contributed by atoms with Gasteiger partial charge in [-0.05, 0) is 94.1 Å². The highest BCUT2D eigenvalue weighted by Gasteiger charge is 2.55. The van der Waals surface area contributed by atoms with Crippen LogP contribution in [0.4, 0.5) is 5.69 Å². The first-order valence-electron chi connectivity index (χ1n) is 18.3. The van der Waals surface area contributed by atoms with Crippen molar-refractivity contribution < 1.29 is 14.2 Å². The van der Waals surface area contributed by atoms with E-state index < -0.39 is 5.60 Å². The Morgan fingerprint density at radius 2 is 1.38 bits per heavy atom. The number of nitrogens with zero attached hydrogens (tertiary/aromatic N) is 1. The molecule has 9 rings (SSSR count). The summed E-state index contributed by atoms with van der Waals surface area (Å²) in [5.41, 5.74) is 9.68. The van der Waals surface area contributed by atoms with Crippen molar-refractivity contribution in [2.75, 3.05) is 38.3 Å². The molecule has 1 saturated heterocycles. The van der Waals surface area contributed by atoms with Crippen LogP contribution in [-0.2, 0) is 15.8 Å². The molecule has 2 aliphatic carbocycles. The number of fused-ring (bicyclic) bond motifs is 10. The van der Waals surface area contributed by atoms with Gasteiger partial charge in [-0.2, -0.15) is 0 Å². The van der Waals surface area contributed by atoms with E-state index in [1.807, 2.05) is 0 Å². The Balaban J connectivity index is 1.31. The highest BCUT2D eigenvalue weighted by Crippen LogP contribution is 2.67. The summed E-state index contributed by atoms with van der Waals surface area (Å²) in [5, 5.41) is 2.32. The van der Waals surface area contributed by atoms with Crippen LogP contribution in [0.15, 0.2) is 103 Å². The van der Waals surface area contributed by atoms with Crippen LogP contribution in [0.3, 0.4) is 0 Å². The fraction of sp³-hybridized carbons (Fsp3) is 0.348. The molecule has 1 unspecified atom stereocenters. The number of rotatable bonds is 4. The van der Waals surface area contributed by atoms with Gasteiger partial charge in [-0.1, -0.05) is 101 Å². The molecule has 0 bridgehead atoms. The Hall–Kier alpha value is -4.54. The number of methoxy groups -OCH3 is 1. The molecule has 0 aromatic heterocycles. The SMILES string of the molecule is COc1ccc2c3c(c4c(c2c1)OC(c1ccccc1)(c1ccc(N2CCOCC2)cc1)C=C4)C1(CC(C)(C)CC(C)(C)C1)c1ccccc1-3. The predicted octanol–water partition coefficient (Wildman–Crippen LogP) is 10.5. The van der Waals surface area contributed by atoms with Crippen molar-refractivity contribution in [1.29, 1.82) is 0 Å². The molecule has 4 heteroatoms. The van der Waals surface area contributed by atoms with Crippen LogP contribution in [0.25, 0.3) is 28.0 Å². The maximum Gasteiger partial charge on any atom is 0.178 e. The van der Waals surface area contributed by atoms with Crippen molar-refractivity contribution >= 4 is 22.5 Å². The van der Waals surface area contributed by atoms with E-state index in [1.54, 1.807) is 7.11 Å². The van der Waals surface area contributed by atoms with Gasteiger partial charge in [-0.3, -0.25) is 0 Å². The van der Waals surface area contributed by atoms with Crippen LogP contribution in [-0.4, -0.2) is 33.4 Å². The summed E-state index contributed by atoms with van der Waals surface area (Å²) in [7, 11) is 1.75. The fourth-order valence-corrected chi connectivity index (χ4v) is 10.7. The Labute approximate surface area is 296 Å². The molecule has 4 nitrogen and oxygen atoms in total. The predicted molar refractivity (Wildman–Crippen MR) is 204 cm³/mol. The molecule has 50 heavy (non-hydrogen) atoms. The second-order valence-corrected chi connectivity index (χ2v) is 16.6. The van der Waals surface area contributed by atoms with Crippen molar-refractivity contribution in [1.82, 2.24) is 0 Å². The van der Waals surface area contributed by atoms with Gasteiger partial charge in [0.15, 0.2) is 5.60 Å². The van der Waals surface area contributed by atoms with Crippen LogP contribution in [0.2, 0.25) is 0 Å². The van der Waals surface area contributed by atoms with E-state index in [9.17, 15) is 0 Å². The van der Waals surface area contributed by atoms with Crippen molar-refractivity contribution in [3.63, 3.8) is 0 Å². The molecule has 5 aromatic carbocycles. The molecule has 1 saturated carbocycles. The quantitative estimate of drug-likeness (QED) is 0.192. The zero-order valence-electron chi connectivity index (χ0n) is 30.0. The molecule has 0 radical (unpaired) electrons. The second kappa shape index (κ2) is 11.2. The van der Waals surface area contributed by atoms with E-state index in [0.29, 0.717) is 0 Å². The molecule has 4 aliphatic rings. The molecular formula is C46H47NO3. The van der Waals surface area contributed by atoms with Crippen LogP contribution >= 0.6 is 0 Å². The summed E-state index contributed by atoms with van der Waals surface area (Å²) < 4.78 is 19.2. The van der Waals surface area contributed by atoms with Crippen molar-refractivity contribution in [2.24, 2.45) is 10.8 Å². The lowest BCUT2D eigenvalue weighted by Crippen LogP contribution is -2.44. The van der Waals surface area contributed by atoms with E-state index in [1.165, 1.54) is 45.3 Å². The van der Waals surface area contributed by atoms with Crippen LogP contribution in [0, 0.1) is 10.8 Å². The monoisotopic (exact) mass is 661 g/mol. The third-order valence-corrected chi connectivity index (χ3v) is 11.8. The molecule has 0 N–H and O–H groups in total. The van der Waals surface area contributed by atoms with E-state index in [-0.39, 0.29) is 16.2 Å². The highest BCUT2D eigenvalue weighted by molar-refractivity contribution is 6.09. The van der Waals surface area contributed by atoms with Crippen LogP contribution in [0.1, 0.15) is 74.8 Å². The lowest BCUT2D eigenvalue weighted by molar-refractivity contribution is 0.0642. The Bertz CT molecular complexity index is 2120. The maximum absolute atomic E-state index is 7.68. The van der Waals surface area contributed by atoms with Gasteiger partial charge in [-0.25, -0.2) is 0 Å². The van der Waals surface area contributed by atoms with E-state index in [0.717, 1.165) is 67.2 Å². The zero-order valence-corrected chi connectivity index (χ0v) is 30.0. The Morgan fingerprint density at radius 1 is 0.700 bits per heavy atom. The summed E-state index contributed by atoms with van der Waals surface area (Å²) >= 11 is 0. The number of hydrogen-bond donors (Lipinski definition) is 0. The first-order valence-corrected chi connectivity index (χ1v) is 18.3. The zero-order chi connectivity index (χ0) is 34.3. The third kappa shape index (κ3) is 4.75. The number of anilines is 1. The minimum absolute atomic E-state index is 0.129. The topological polar surface area (TPSA) is 30.9 Å². The minimum Gasteiger partial charge on any atom is -0.497 e. The van der Waals surface area contributed by atoms with Gasteiger partial charge >= 0.3 is 0 Å². The van der Waals surface area contributed by atoms with Gasteiger partial charge in [0.25, 0.3) is 0 Å². The Kier molecular flexibility index (Phi) is 7.06. The van der Waals surface area contributed by atoms with E-state index >= 15 is 0 Å². The largest absolute Gasteiger partial charge is 0.497 e. The molecule has 1 atom stereocenters. The highest BCUT2D eigenvalue weighted by atomic mass is 16.5. The molecule has 1 spiro atoms. The van der Waals surface area contributed by atoms with Crippen molar-refractivity contribution in [3.8, 4) is 22.6 Å². The van der Waals surface area contributed by atoms with E-state index in [4.69, 9.17) is 14.2 Å². The van der Waals surface area contributed by atoms with Gasteiger partial charge in [0, 0.05) is 46.3 Å². The van der Waals surface area contributed by atoms with Gasteiger partial charge < -0.3 is 19.1 Å². The number of hydrogen-bond acceptors (Lipinski definition) is 4. The molecule has 0 amide bonds. The summed E-state index contributed by atoms with van der Waals surface area (Å²) in [5.74, 6) is 1.77. The molecule has 5 aromatic rings. The van der Waals surface area contributed by atoms with Crippen molar-refractivity contribution in [3.05, 3.63) is 131 Å². The number of benzene rings is 5. The average molecular weight is 662 g/mol.